The summed E-state index contributed by atoms with van der Waals surface area (Å²) in [6.07, 6.45) is 19.7. The quantitative estimate of drug-likeness (QED) is 0.0669. The van der Waals surface area contributed by atoms with Gasteiger partial charge in [0.25, 0.3) is 10.0 Å². The first-order valence-electron chi connectivity index (χ1n) is 25.9. The number of methoxy groups -OCH3 is 2. The van der Waals surface area contributed by atoms with Gasteiger partial charge >= 0.3 is 19.1 Å². The standard InChI is InChI=1S/C20H21FN6O2.C19H22BN3O4S.C14H17ClFN3O2/c1-29-20(28)15-10-2-4-11(5-3-10)16(15)26-19-14(21)8-24-18(27-19)13-7-23-17-12(13)6-22-9-25-17;1-13-6-8-14(9-7-13)28(24,25)23-11-16(15-10-21-12-22-17(15)23)20-26-18(2,3)19(4,5)27-20;1-21-13(20)10-7-2-4-8(5-3-7)11(10)18-12-9(16)6-17-14(15)19-12/h6-11,15-16H,2-5H2,1H3,(H,22,23,25)(H,24,26,27);6-12H,1-5H3;6-8,10-11H,2-5H2,1H3,(H,17,18,19)/t10?,11?,15-,16-;;7?,8?,10-,11-/m0.0/s1. The monoisotopic (exact) mass is 1110 g/mol. The molecule has 3 N–H and O–H groups in total. The second-order valence-corrected chi connectivity index (χ2v) is 23.7. The number of halogens is 3. The number of rotatable bonds is 10. The largest absolute Gasteiger partial charge is 0.497 e. The molecule has 25 heteroatoms. The Morgan fingerprint density at radius 1 is 0.731 bits per heavy atom. The van der Waals surface area contributed by atoms with Crippen LogP contribution in [0, 0.1) is 54.1 Å². The lowest BCUT2D eigenvalue weighted by atomic mass is 9.61. The van der Waals surface area contributed by atoms with Crippen molar-refractivity contribution in [3.05, 3.63) is 96.6 Å². The minimum Gasteiger partial charge on any atom is -0.469 e. The third-order valence-corrected chi connectivity index (χ3v) is 18.4. The van der Waals surface area contributed by atoms with E-state index >= 15 is 0 Å². The van der Waals surface area contributed by atoms with E-state index in [1.807, 2.05) is 34.6 Å². The van der Waals surface area contributed by atoms with E-state index in [4.69, 9.17) is 30.4 Å². The van der Waals surface area contributed by atoms with Crippen LogP contribution in [0.1, 0.15) is 84.6 Å². The molecule has 7 aliphatic rings. The van der Waals surface area contributed by atoms with Gasteiger partial charge in [-0.3, -0.25) is 9.59 Å². The van der Waals surface area contributed by atoms with Gasteiger partial charge in [-0.25, -0.2) is 56.1 Å². The molecule has 6 aromatic heterocycles. The highest BCUT2D eigenvalue weighted by Crippen LogP contribution is 2.48. The Hall–Kier alpha value is -6.76. The molecule has 0 radical (unpaired) electrons. The first-order valence-corrected chi connectivity index (χ1v) is 27.8. The zero-order chi connectivity index (χ0) is 55.3. The lowest BCUT2D eigenvalue weighted by molar-refractivity contribution is -0.152. The molecule has 4 bridgehead atoms. The van der Waals surface area contributed by atoms with E-state index in [1.165, 1.54) is 37.0 Å². The van der Waals surface area contributed by atoms with Crippen molar-refractivity contribution >= 4 is 79.8 Å². The fraction of sp³-hybridized carbons (Fsp3) is 0.472. The van der Waals surface area contributed by atoms with Gasteiger partial charge in [0, 0.05) is 58.7 Å². The van der Waals surface area contributed by atoms with E-state index in [-0.39, 0.29) is 63.6 Å². The molecular formula is C53H60BClF2N12O8S. The Morgan fingerprint density at radius 3 is 1.81 bits per heavy atom. The fourth-order valence-electron chi connectivity index (χ4n) is 11.8. The normalized spacial score (nSPS) is 24.7. The number of nitrogens with one attached hydrogen (secondary N) is 3. The summed E-state index contributed by atoms with van der Waals surface area (Å²) in [7, 11) is -1.75. The molecule has 4 atom stereocenters. The van der Waals surface area contributed by atoms with Gasteiger partial charge in [-0.05, 0) is 133 Å². The van der Waals surface area contributed by atoms with Crippen LogP contribution in [0.3, 0.4) is 0 Å². The molecule has 7 fully saturated rings. The summed E-state index contributed by atoms with van der Waals surface area (Å²) in [5, 5.41) is 7.62. The minimum atomic E-state index is -3.83. The van der Waals surface area contributed by atoms with Gasteiger partial charge in [-0.2, -0.15) is 4.98 Å². The number of ether oxygens (including phenoxy) is 2. The summed E-state index contributed by atoms with van der Waals surface area (Å²) in [5.41, 5.74) is 2.13. The van der Waals surface area contributed by atoms with E-state index in [0.717, 1.165) is 74.7 Å². The summed E-state index contributed by atoms with van der Waals surface area (Å²) in [6, 6.07) is 6.35. The van der Waals surface area contributed by atoms with E-state index in [0.29, 0.717) is 51.3 Å². The highest BCUT2D eigenvalue weighted by Gasteiger charge is 2.53. The number of aromatic nitrogens is 10. The number of carbonyl (C=O) groups excluding carboxylic acids is 2. The second kappa shape index (κ2) is 21.8. The Morgan fingerprint density at radius 2 is 1.24 bits per heavy atom. The van der Waals surface area contributed by atoms with Gasteiger partial charge in [-0.15, -0.1) is 0 Å². The molecule has 0 spiro atoms. The number of aromatic amines is 1. The van der Waals surface area contributed by atoms with Crippen molar-refractivity contribution in [2.75, 3.05) is 24.9 Å². The van der Waals surface area contributed by atoms with Crippen LogP contribution in [0.15, 0.2) is 79.0 Å². The van der Waals surface area contributed by atoms with Crippen LogP contribution in [0.25, 0.3) is 33.5 Å². The fourth-order valence-corrected chi connectivity index (χ4v) is 13.3. The van der Waals surface area contributed by atoms with Crippen molar-refractivity contribution in [2.24, 2.45) is 35.5 Å². The summed E-state index contributed by atoms with van der Waals surface area (Å²) < 4.78 is 78.3. The Bertz CT molecular complexity index is 3450. The van der Waals surface area contributed by atoms with Crippen LogP contribution in [0.5, 0.6) is 0 Å². The predicted molar refractivity (Wildman–Crippen MR) is 286 cm³/mol. The summed E-state index contributed by atoms with van der Waals surface area (Å²) in [4.78, 5) is 60.3. The van der Waals surface area contributed by atoms with Crippen molar-refractivity contribution in [2.45, 2.75) is 114 Å². The van der Waals surface area contributed by atoms with Crippen molar-refractivity contribution in [3.8, 4) is 11.4 Å². The SMILES string of the molecule is COC(=O)[C@H]1C2CCC(CC2)[C@@H]1Nc1nc(-c2c[nH]c3ncncc23)ncc1F.COC(=O)[C@H]1C2CCC(CC2)[C@@H]1Nc1nc(Cl)ncc1F.Cc1ccc(S(=O)(=O)n2cc(B3OC(C)(C)C(C)(C)O3)c3cncnc32)cc1. The van der Waals surface area contributed by atoms with Gasteiger partial charge in [-0.1, -0.05) is 17.7 Å². The number of nitrogens with zero attached hydrogens (tertiary/aromatic N) is 9. The van der Waals surface area contributed by atoms with Crippen molar-refractivity contribution in [3.63, 3.8) is 0 Å². The van der Waals surface area contributed by atoms with Crippen molar-refractivity contribution < 1.29 is 45.6 Å². The Labute approximate surface area is 454 Å². The van der Waals surface area contributed by atoms with E-state index in [2.05, 4.69) is 55.5 Å². The molecule has 14 rings (SSSR count). The van der Waals surface area contributed by atoms with Crippen LogP contribution < -0.4 is 16.1 Å². The van der Waals surface area contributed by atoms with Gasteiger partial charge in [0.05, 0.1) is 54.5 Å². The number of carbonyl (C=O) groups is 2. The number of hydrogen-bond donors (Lipinski definition) is 3. The maximum absolute atomic E-state index is 14.6. The molecule has 7 aromatic rings. The molecule has 7 heterocycles. The Kier molecular flexibility index (Phi) is 15.3. The molecule has 0 unspecified atom stereocenters. The molecule has 78 heavy (non-hydrogen) atoms. The maximum Gasteiger partial charge on any atom is 0.497 e. The number of H-pyrrole nitrogens is 1. The van der Waals surface area contributed by atoms with Crippen molar-refractivity contribution in [1.82, 2.24) is 48.8 Å². The topological polar surface area (TPSA) is 253 Å². The summed E-state index contributed by atoms with van der Waals surface area (Å²) in [5.74, 6) is -0.416. The van der Waals surface area contributed by atoms with Gasteiger partial charge in [0.15, 0.2) is 34.7 Å². The van der Waals surface area contributed by atoms with Gasteiger partial charge in [0.2, 0.25) is 5.28 Å². The first-order chi connectivity index (χ1) is 37.3. The molecule has 0 amide bonds. The van der Waals surface area contributed by atoms with E-state index < -0.39 is 40.0 Å². The highest BCUT2D eigenvalue weighted by atomic mass is 35.5. The van der Waals surface area contributed by atoms with E-state index in [1.54, 1.807) is 42.9 Å². The molecule has 1 saturated heterocycles. The number of benzene rings is 1. The van der Waals surface area contributed by atoms with Gasteiger partial charge < -0.3 is 34.4 Å². The highest BCUT2D eigenvalue weighted by molar-refractivity contribution is 7.90. The average Bonchev–Trinajstić information content (AvgIpc) is 4.15. The van der Waals surface area contributed by atoms with Crippen LogP contribution in [-0.4, -0.2) is 114 Å². The number of esters is 2. The van der Waals surface area contributed by atoms with Crippen LogP contribution in [-0.2, 0) is 38.4 Å². The maximum atomic E-state index is 14.6. The number of hydrogen-bond acceptors (Lipinski definition) is 18. The molecule has 6 aliphatic carbocycles. The zero-order valence-electron chi connectivity index (χ0n) is 44.1. The lowest BCUT2D eigenvalue weighted by Gasteiger charge is -2.47. The number of fused-ring (bicyclic) bond motifs is 8. The molecule has 1 aliphatic heterocycles. The lowest BCUT2D eigenvalue weighted by Crippen LogP contribution is -2.52. The van der Waals surface area contributed by atoms with Crippen LogP contribution in [0.2, 0.25) is 5.28 Å². The number of aryl methyl sites for hydroxylation is 1. The Balaban J connectivity index is 0.000000134. The van der Waals surface area contributed by atoms with Gasteiger partial charge in [0.1, 0.15) is 18.3 Å². The average molecular weight is 1110 g/mol. The van der Waals surface area contributed by atoms with Crippen LogP contribution in [0.4, 0.5) is 20.4 Å². The summed E-state index contributed by atoms with van der Waals surface area (Å²) >= 11 is 5.72. The molecule has 410 valence electrons. The van der Waals surface area contributed by atoms with E-state index in [9.17, 15) is 26.8 Å². The molecule has 1 aromatic carbocycles. The third-order valence-electron chi connectivity index (χ3n) is 16.6. The van der Waals surface area contributed by atoms with Crippen molar-refractivity contribution in [1.29, 1.82) is 0 Å². The first kappa shape index (κ1) is 54.6. The molecular weight excluding hydrogens is 1050 g/mol. The zero-order valence-corrected chi connectivity index (χ0v) is 45.7. The second-order valence-electron chi connectivity index (χ2n) is 21.5. The number of anilines is 2. The summed E-state index contributed by atoms with van der Waals surface area (Å²) in [6.45, 7) is 9.71. The van der Waals surface area contributed by atoms with Crippen LogP contribution >= 0.6 is 11.6 Å². The molecule has 20 nitrogen and oxygen atoms in total. The third kappa shape index (κ3) is 10.5. The smallest absolute Gasteiger partial charge is 0.469 e. The minimum absolute atomic E-state index is 0.0190. The predicted octanol–water partition coefficient (Wildman–Crippen LogP) is 7.88. The molecule has 6 saturated carbocycles.